The molecule has 1 aliphatic rings. The molecule has 2 aromatic heterocycles. The predicted octanol–water partition coefficient (Wildman–Crippen LogP) is 2.70. The van der Waals surface area contributed by atoms with Crippen molar-refractivity contribution in [3.63, 3.8) is 0 Å². The van der Waals surface area contributed by atoms with Crippen molar-refractivity contribution >= 4 is 39.4 Å². The zero-order valence-electron chi connectivity index (χ0n) is 18.5. The van der Waals surface area contributed by atoms with Crippen LogP contribution >= 0.6 is 0 Å². The smallest absolute Gasteiger partial charge is 0.319 e. The van der Waals surface area contributed by atoms with Crippen LogP contribution < -0.4 is 10.9 Å². The molecule has 0 spiro atoms. The molecule has 3 aromatic carbocycles. The van der Waals surface area contributed by atoms with Gasteiger partial charge in [0.2, 0.25) is 5.78 Å². The summed E-state index contributed by atoms with van der Waals surface area (Å²) in [5.41, 5.74) is -0.0803. The summed E-state index contributed by atoms with van der Waals surface area (Å²) < 4.78 is 3.12. The summed E-state index contributed by atoms with van der Waals surface area (Å²) >= 11 is 0. The van der Waals surface area contributed by atoms with Crippen LogP contribution in [0.15, 0.2) is 71.5 Å². The molecule has 3 heterocycles. The van der Waals surface area contributed by atoms with Crippen LogP contribution in [0.3, 0.4) is 0 Å². The van der Waals surface area contributed by atoms with E-state index in [1.165, 1.54) is 4.57 Å². The molecule has 1 fully saturated rings. The summed E-state index contributed by atoms with van der Waals surface area (Å²) in [5.74, 6) is 0.342. The Labute approximate surface area is 193 Å². The second-order valence-electron chi connectivity index (χ2n) is 8.61. The lowest BCUT2D eigenvalue weighted by molar-refractivity contribution is -0.131. The number of para-hydroxylation sites is 1. The molecule has 0 radical (unpaired) electrons. The Bertz CT molecular complexity index is 1710. The fourth-order valence-electron chi connectivity index (χ4n) is 4.82. The van der Waals surface area contributed by atoms with E-state index >= 15 is 0 Å². The number of amides is 3. The second-order valence-corrected chi connectivity index (χ2v) is 8.61. The lowest BCUT2D eigenvalue weighted by Crippen LogP contribution is -2.41. The molecule has 1 atom stereocenters. The molecule has 9 nitrogen and oxygen atoms in total. The maximum absolute atomic E-state index is 13.7. The first kappa shape index (κ1) is 20.1. The normalized spacial score (nSPS) is 18.4. The van der Waals surface area contributed by atoms with Crippen LogP contribution in [0.2, 0.25) is 0 Å². The molecule has 3 amide bonds. The molecule has 1 unspecified atom stereocenters. The average Bonchev–Trinajstić information content (AvgIpc) is 3.37. The van der Waals surface area contributed by atoms with Crippen LogP contribution in [0.25, 0.3) is 27.5 Å². The molecule has 0 bridgehead atoms. The van der Waals surface area contributed by atoms with Gasteiger partial charge in [-0.25, -0.2) is 4.79 Å². The van der Waals surface area contributed by atoms with E-state index in [1.807, 2.05) is 48.5 Å². The third-order valence-corrected chi connectivity index (χ3v) is 6.60. The van der Waals surface area contributed by atoms with E-state index in [2.05, 4.69) is 15.5 Å². The highest BCUT2D eigenvalue weighted by Gasteiger charge is 2.50. The molecule has 5 aromatic rings. The van der Waals surface area contributed by atoms with Crippen molar-refractivity contribution < 1.29 is 9.59 Å². The highest BCUT2D eigenvalue weighted by molar-refractivity contribution is 6.09. The van der Waals surface area contributed by atoms with Crippen molar-refractivity contribution in [2.45, 2.75) is 19.0 Å². The number of urea groups is 1. The molecule has 0 saturated carbocycles. The van der Waals surface area contributed by atoms with Gasteiger partial charge in [-0.2, -0.15) is 0 Å². The number of rotatable bonds is 3. The summed E-state index contributed by atoms with van der Waals surface area (Å²) in [4.78, 5) is 40.6. The van der Waals surface area contributed by atoms with Crippen LogP contribution in [-0.4, -0.2) is 36.0 Å². The number of carbonyl (C=O) groups is 2. The summed E-state index contributed by atoms with van der Waals surface area (Å²) in [7, 11) is 1.62. The van der Waals surface area contributed by atoms with E-state index < -0.39 is 11.6 Å². The first-order chi connectivity index (χ1) is 16.4. The maximum atomic E-state index is 13.7. The van der Waals surface area contributed by atoms with Gasteiger partial charge in [0.1, 0.15) is 5.54 Å². The van der Waals surface area contributed by atoms with E-state index in [0.29, 0.717) is 22.5 Å². The summed E-state index contributed by atoms with van der Waals surface area (Å²) in [5, 5.41) is 13.7. The molecule has 0 aliphatic carbocycles. The van der Waals surface area contributed by atoms with Gasteiger partial charge in [0, 0.05) is 7.05 Å². The molecule has 168 valence electrons. The van der Waals surface area contributed by atoms with E-state index in [9.17, 15) is 14.4 Å². The van der Waals surface area contributed by atoms with Crippen molar-refractivity contribution in [3.05, 3.63) is 88.5 Å². The van der Waals surface area contributed by atoms with Gasteiger partial charge >= 0.3 is 6.03 Å². The van der Waals surface area contributed by atoms with E-state index in [1.54, 1.807) is 36.6 Å². The predicted molar refractivity (Wildman–Crippen MR) is 126 cm³/mol. The zero-order chi connectivity index (χ0) is 23.6. The van der Waals surface area contributed by atoms with Crippen LogP contribution in [0.5, 0.6) is 0 Å². The Balaban J connectivity index is 1.46. The second kappa shape index (κ2) is 6.98. The molecular formula is C25H20N6O3. The lowest BCUT2D eigenvalue weighted by Gasteiger charge is -2.24. The highest BCUT2D eigenvalue weighted by atomic mass is 16.2. The highest BCUT2D eigenvalue weighted by Crippen LogP contribution is 2.34. The van der Waals surface area contributed by atoms with E-state index in [-0.39, 0.29) is 18.0 Å². The number of fused-ring (bicyclic) bond motifs is 4. The minimum atomic E-state index is -1.23. The fraction of sp³-hybridized carbons (Fsp3) is 0.160. The Hall–Kier alpha value is -4.53. The number of nitrogens with zero attached hydrogens (tertiary/aromatic N) is 5. The van der Waals surface area contributed by atoms with Crippen LogP contribution in [0.1, 0.15) is 18.3 Å². The SMILES string of the molecule is Cn1c(=O)c2ccccc2n2c(CN3C(=O)NC(C)(c4cccc5ccccc45)C3=O)nnc12. The van der Waals surface area contributed by atoms with Crippen molar-refractivity contribution in [1.82, 2.24) is 29.4 Å². The Kier molecular flexibility index (Phi) is 4.13. The first-order valence-electron chi connectivity index (χ1n) is 10.8. The number of aryl methyl sites for hydroxylation is 1. The molecule has 34 heavy (non-hydrogen) atoms. The van der Waals surface area contributed by atoms with Gasteiger partial charge in [0.05, 0.1) is 17.4 Å². The van der Waals surface area contributed by atoms with E-state index in [0.717, 1.165) is 21.2 Å². The number of aromatic nitrogens is 4. The van der Waals surface area contributed by atoms with Gasteiger partial charge in [0.25, 0.3) is 11.5 Å². The van der Waals surface area contributed by atoms with Gasteiger partial charge in [-0.05, 0) is 35.4 Å². The molecule has 1 N–H and O–H groups in total. The monoisotopic (exact) mass is 452 g/mol. The number of carbonyl (C=O) groups excluding carboxylic acids is 2. The minimum absolute atomic E-state index is 0.0889. The van der Waals surface area contributed by atoms with Gasteiger partial charge in [-0.1, -0.05) is 54.6 Å². The molecule has 1 saturated heterocycles. The average molecular weight is 452 g/mol. The largest absolute Gasteiger partial charge is 0.325 e. The Morgan fingerprint density at radius 3 is 2.41 bits per heavy atom. The fourth-order valence-corrected chi connectivity index (χ4v) is 4.82. The molecule has 9 heteroatoms. The van der Waals surface area contributed by atoms with Crippen molar-refractivity contribution in [2.75, 3.05) is 0 Å². The molecule has 1 aliphatic heterocycles. The summed E-state index contributed by atoms with van der Waals surface area (Å²) in [6.45, 7) is 1.63. The van der Waals surface area contributed by atoms with Crippen LogP contribution in [0.4, 0.5) is 4.79 Å². The van der Waals surface area contributed by atoms with Crippen LogP contribution in [0, 0.1) is 0 Å². The van der Waals surface area contributed by atoms with Gasteiger partial charge in [0.15, 0.2) is 5.82 Å². The number of hydrogen-bond donors (Lipinski definition) is 1. The summed E-state index contributed by atoms with van der Waals surface area (Å²) in [6.07, 6.45) is 0. The number of benzene rings is 3. The third-order valence-electron chi connectivity index (χ3n) is 6.60. The van der Waals surface area contributed by atoms with Gasteiger partial charge < -0.3 is 5.32 Å². The number of nitrogens with one attached hydrogen (secondary N) is 1. The third kappa shape index (κ3) is 2.63. The van der Waals surface area contributed by atoms with Gasteiger partial charge in [-0.3, -0.25) is 23.5 Å². The standard InChI is InChI=1S/C25H20N6O3/c1-25(18-12-7-9-15-8-3-4-10-16(15)18)22(33)30(24(34)26-25)14-20-27-28-23-29(2)21(32)17-11-5-6-13-19(17)31(20)23/h3-13H,14H2,1-2H3,(H,26,34). The number of imide groups is 1. The van der Waals surface area contributed by atoms with E-state index in [4.69, 9.17) is 0 Å². The molecule has 6 rings (SSSR count). The van der Waals surface area contributed by atoms with Crippen molar-refractivity contribution in [2.24, 2.45) is 7.05 Å². The lowest BCUT2D eigenvalue weighted by atomic mass is 9.88. The Morgan fingerprint density at radius 2 is 1.59 bits per heavy atom. The Morgan fingerprint density at radius 1 is 0.882 bits per heavy atom. The number of hydrogen-bond acceptors (Lipinski definition) is 5. The zero-order valence-corrected chi connectivity index (χ0v) is 18.5. The van der Waals surface area contributed by atoms with Crippen molar-refractivity contribution in [3.8, 4) is 0 Å². The molecular weight excluding hydrogens is 432 g/mol. The topological polar surface area (TPSA) is 102 Å². The maximum Gasteiger partial charge on any atom is 0.325 e. The van der Waals surface area contributed by atoms with Gasteiger partial charge in [-0.15, -0.1) is 10.2 Å². The quantitative estimate of drug-likeness (QED) is 0.424. The first-order valence-corrected chi connectivity index (χ1v) is 10.8. The van der Waals surface area contributed by atoms with Crippen molar-refractivity contribution in [1.29, 1.82) is 0 Å². The minimum Gasteiger partial charge on any atom is -0.319 e. The summed E-state index contributed by atoms with van der Waals surface area (Å²) in [6, 6.07) is 20.1. The van der Waals surface area contributed by atoms with Crippen LogP contribution in [-0.2, 0) is 23.9 Å².